The van der Waals surface area contributed by atoms with Crippen molar-refractivity contribution in [3.8, 4) is 0 Å². The molecule has 112 valence electrons. The highest BCUT2D eigenvalue weighted by atomic mass is 16.6. The quantitative estimate of drug-likeness (QED) is 0.368. The fraction of sp³-hybridized carbons (Fsp3) is 0.385. The van der Waals surface area contributed by atoms with E-state index in [4.69, 9.17) is 5.73 Å². The summed E-state index contributed by atoms with van der Waals surface area (Å²) in [5.74, 6) is -0.326. The SMILES string of the molecule is CCCC1NC(=O)N(Cc2cc([N+](=O)[O-])ccc2N)C1=O. The second kappa shape index (κ2) is 5.78. The molecule has 1 unspecified atom stereocenters. The number of benzene rings is 1. The van der Waals surface area contributed by atoms with Crippen LogP contribution in [0.3, 0.4) is 0 Å². The molecule has 0 spiro atoms. The summed E-state index contributed by atoms with van der Waals surface area (Å²) in [5, 5.41) is 13.4. The Morgan fingerprint density at radius 2 is 2.14 bits per heavy atom. The van der Waals surface area contributed by atoms with E-state index >= 15 is 0 Å². The molecule has 8 nitrogen and oxygen atoms in total. The van der Waals surface area contributed by atoms with E-state index in [1.54, 1.807) is 0 Å². The number of nitro groups is 1. The zero-order valence-electron chi connectivity index (χ0n) is 11.5. The number of carbonyl (C=O) groups is 2. The molecule has 1 saturated heterocycles. The van der Waals surface area contributed by atoms with Crippen LogP contribution in [-0.2, 0) is 11.3 Å². The minimum Gasteiger partial charge on any atom is -0.398 e. The zero-order valence-corrected chi connectivity index (χ0v) is 11.5. The van der Waals surface area contributed by atoms with Gasteiger partial charge in [0.1, 0.15) is 6.04 Å². The molecule has 0 radical (unpaired) electrons. The topological polar surface area (TPSA) is 119 Å². The first-order chi connectivity index (χ1) is 9.93. The third-order valence-electron chi connectivity index (χ3n) is 3.35. The molecule has 3 amide bonds. The van der Waals surface area contributed by atoms with Crippen LogP contribution in [-0.4, -0.2) is 27.8 Å². The molecule has 1 aliphatic heterocycles. The minimum atomic E-state index is -0.547. The highest BCUT2D eigenvalue weighted by Gasteiger charge is 2.37. The van der Waals surface area contributed by atoms with Gasteiger partial charge in [-0.2, -0.15) is 0 Å². The van der Waals surface area contributed by atoms with E-state index in [2.05, 4.69) is 5.32 Å². The van der Waals surface area contributed by atoms with Crippen molar-refractivity contribution in [1.29, 1.82) is 0 Å². The van der Waals surface area contributed by atoms with Gasteiger partial charge in [-0.25, -0.2) is 4.79 Å². The normalized spacial score (nSPS) is 18.0. The Morgan fingerprint density at radius 3 is 2.76 bits per heavy atom. The van der Waals surface area contributed by atoms with Gasteiger partial charge in [-0.15, -0.1) is 0 Å². The molecule has 1 atom stereocenters. The van der Waals surface area contributed by atoms with Gasteiger partial charge in [-0.3, -0.25) is 19.8 Å². The smallest absolute Gasteiger partial charge is 0.325 e. The van der Waals surface area contributed by atoms with Crippen molar-refractivity contribution >= 4 is 23.3 Å². The van der Waals surface area contributed by atoms with Gasteiger partial charge >= 0.3 is 6.03 Å². The van der Waals surface area contributed by atoms with E-state index in [1.807, 2.05) is 6.92 Å². The van der Waals surface area contributed by atoms with E-state index in [1.165, 1.54) is 18.2 Å². The van der Waals surface area contributed by atoms with Crippen molar-refractivity contribution in [3.63, 3.8) is 0 Å². The lowest BCUT2D eigenvalue weighted by Gasteiger charge is -2.14. The average molecular weight is 292 g/mol. The largest absolute Gasteiger partial charge is 0.398 e. The third-order valence-corrected chi connectivity index (χ3v) is 3.35. The van der Waals surface area contributed by atoms with Crippen molar-refractivity contribution in [2.75, 3.05) is 5.73 Å². The molecule has 3 N–H and O–H groups in total. The Morgan fingerprint density at radius 1 is 1.43 bits per heavy atom. The van der Waals surface area contributed by atoms with Crippen molar-refractivity contribution < 1.29 is 14.5 Å². The lowest BCUT2D eigenvalue weighted by molar-refractivity contribution is -0.384. The molecular formula is C13H16N4O4. The Labute approximate surface area is 121 Å². The number of non-ortho nitro benzene ring substituents is 1. The number of hydrogen-bond acceptors (Lipinski definition) is 5. The lowest BCUT2D eigenvalue weighted by atomic mass is 10.1. The summed E-state index contributed by atoms with van der Waals surface area (Å²) >= 11 is 0. The molecule has 0 aromatic heterocycles. The van der Waals surface area contributed by atoms with E-state index < -0.39 is 17.0 Å². The number of hydrogen-bond donors (Lipinski definition) is 2. The van der Waals surface area contributed by atoms with Crippen LogP contribution in [0.5, 0.6) is 0 Å². The highest BCUT2D eigenvalue weighted by molar-refractivity contribution is 6.04. The van der Waals surface area contributed by atoms with Crippen LogP contribution in [0.25, 0.3) is 0 Å². The molecule has 0 saturated carbocycles. The number of nitro benzene ring substituents is 1. The Balaban J connectivity index is 2.22. The maximum atomic E-state index is 12.1. The van der Waals surface area contributed by atoms with Gasteiger partial charge in [-0.05, 0) is 12.5 Å². The number of carbonyl (C=O) groups excluding carboxylic acids is 2. The van der Waals surface area contributed by atoms with Crippen molar-refractivity contribution in [3.05, 3.63) is 33.9 Å². The molecule has 1 heterocycles. The molecule has 0 bridgehead atoms. The molecule has 1 fully saturated rings. The average Bonchev–Trinajstić information content (AvgIpc) is 2.69. The van der Waals surface area contributed by atoms with Crippen LogP contribution < -0.4 is 11.1 Å². The fourth-order valence-corrected chi connectivity index (χ4v) is 2.22. The van der Waals surface area contributed by atoms with E-state index in [0.717, 1.165) is 11.3 Å². The first-order valence-electron chi connectivity index (χ1n) is 6.58. The minimum absolute atomic E-state index is 0.0710. The van der Waals surface area contributed by atoms with Crippen LogP contribution in [0.1, 0.15) is 25.3 Å². The van der Waals surface area contributed by atoms with Crippen LogP contribution >= 0.6 is 0 Å². The summed E-state index contributed by atoms with van der Waals surface area (Å²) in [4.78, 5) is 35.2. The second-order valence-corrected chi connectivity index (χ2v) is 4.86. The molecule has 8 heteroatoms. The number of anilines is 1. The lowest BCUT2D eigenvalue weighted by Crippen LogP contribution is -2.31. The van der Waals surface area contributed by atoms with Crippen LogP contribution in [0.2, 0.25) is 0 Å². The van der Waals surface area contributed by atoms with Gasteiger partial charge in [0, 0.05) is 23.4 Å². The number of nitrogens with two attached hydrogens (primary N) is 1. The summed E-state index contributed by atoms with van der Waals surface area (Å²) in [6, 6.07) is 2.94. The second-order valence-electron chi connectivity index (χ2n) is 4.86. The molecule has 21 heavy (non-hydrogen) atoms. The predicted octanol–water partition coefficient (Wildman–Crippen LogP) is 1.40. The molecule has 0 aliphatic carbocycles. The molecular weight excluding hydrogens is 276 g/mol. The van der Waals surface area contributed by atoms with Gasteiger partial charge in [0.05, 0.1) is 11.5 Å². The Hall–Kier alpha value is -2.64. The highest BCUT2D eigenvalue weighted by Crippen LogP contribution is 2.23. The van der Waals surface area contributed by atoms with Crippen molar-refractivity contribution in [2.24, 2.45) is 0 Å². The standard InChI is InChI=1S/C13H16N4O4/c1-2-3-11-12(18)16(13(19)15-11)7-8-6-9(17(20)21)4-5-10(8)14/h4-6,11H,2-3,7,14H2,1H3,(H,15,19). The number of nitrogen functional groups attached to an aromatic ring is 1. The van der Waals surface area contributed by atoms with E-state index in [0.29, 0.717) is 17.7 Å². The summed E-state index contributed by atoms with van der Waals surface area (Å²) in [5.41, 5.74) is 6.32. The number of nitrogens with one attached hydrogen (secondary N) is 1. The number of amides is 3. The Kier molecular flexibility index (Phi) is 4.06. The maximum Gasteiger partial charge on any atom is 0.325 e. The van der Waals surface area contributed by atoms with Gasteiger partial charge in [0.25, 0.3) is 11.6 Å². The number of urea groups is 1. The summed E-state index contributed by atoms with van der Waals surface area (Å²) in [6.07, 6.45) is 1.33. The first kappa shape index (κ1) is 14.8. The van der Waals surface area contributed by atoms with Gasteiger partial charge in [0.15, 0.2) is 0 Å². The van der Waals surface area contributed by atoms with Crippen molar-refractivity contribution in [2.45, 2.75) is 32.4 Å². The van der Waals surface area contributed by atoms with Crippen molar-refractivity contribution in [1.82, 2.24) is 10.2 Å². The van der Waals surface area contributed by atoms with Crippen LogP contribution in [0.4, 0.5) is 16.2 Å². The fourth-order valence-electron chi connectivity index (χ4n) is 2.22. The predicted molar refractivity (Wildman–Crippen MR) is 75.3 cm³/mol. The number of imide groups is 1. The van der Waals surface area contributed by atoms with Gasteiger partial charge in [-0.1, -0.05) is 13.3 Å². The first-order valence-corrected chi connectivity index (χ1v) is 6.58. The molecule has 2 rings (SSSR count). The van der Waals surface area contributed by atoms with Gasteiger partial charge in [0.2, 0.25) is 0 Å². The van der Waals surface area contributed by atoms with Crippen LogP contribution in [0, 0.1) is 10.1 Å². The molecule has 1 aromatic carbocycles. The zero-order chi connectivity index (χ0) is 15.6. The monoisotopic (exact) mass is 292 g/mol. The number of rotatable bonds is 5. The Bertz CT molecular complexity index is 602. The summed E-state index contributed by atoms with van der Waals surface area (Å²) in [7, 11) is 0. The third kappa shape index (κ3) is 2.93. The number of nitrogens with zero attached hydrogens (tertiary/aromatic N) is 2. The molecule has 1 aliphatic rings. The molecule has 1 aromatic rings. The van der Waals surface area contributed by atoms with E-state index in [-0.39, 0.29) is 18.1 Å². The summed E-state index contributed by atoms with van der Waals surface area (Å²) < 4.78 is 0. The van der Waals surface area contributed by atoms with E-state index in [9.17, 15) is 19.7 Å². The van der Waals surface area contributed by atoms with Crippen LogP contribution in [0.15, 0.2) is 18.2 Å². The summed E-state index contributed by atoms with van der Waals surface area (Å²) in [6.45, 7) is 1.85. The maximum absolute atomic E-state index is 12.1. The van der Waals surface area contributed by atoms with Gasteiger partial charge < -0.3 is 11.1 Å².